The van der Waals surface area contributed by atoms with E-state index in [-0.39, 0.29) is 23.7 Å². The van der Waals surface area contributed by atoms with Gasteiger partial charge in [-0.05, 0) is 30.0 Å². The fourth-order valence-corrected chi connectivity index (χ4v) is 3.16. The van der Waals surface area contributed by atoms with E-state index in [9.17, 15) is 14.0 Å². The van der Waals surface area contributed by atoms with Crippen molar-refractivity contribution in [2.24, 2.45) is 11.7 Å². The molecule has 3 N–H and O–H groups in total. The summed E-state index contributed by atoms with van der Waals surface area (Å²) in [6.45, 7) is 4.99. The minimum atomic E-state index is -0.654. The minimum Gasteiger partial charge on any atom is -0.368 e. The van der Waals surface area contributed by atoms with Crippen LogP contribution in [0.25, 0.3) is 0 Å². The topological polar surface area (TPSA) is 75.4 Å². The molecule has 2 rings (SSSR count). The molecule has 1 aliphatic rings. The molecule has 5 nitrogen and oxygen atoms in total. The smallest absolute Gasteiger partial charge is 0.239 e. The summed E-state index contributed by atoms with van der Waals surface area (Å²) in [5.74, 6) is -0.500. The number of amides is 2. The zero-order chi connectivity index (χ0) is 17.0. The molecule has 1 fully saturated rings. The lowest BCUT2D eigenvalue weighted by Crippen LogP contribution is -2.52. The number of hydrogen-bond acceptors (Lipinski definition) is 3. The molecule has 0 saturated carbocycles. The maximum absolute atomic E-state index is 13.1. The maximum Gasteiger partial charge on any atom is 0.239 e. The highest BCUT2D eigenvalue weighted by Gasteiger charge is 2.32. The summed E-state index contributed by atoms with van der Waals surface area (Å²) >= 11 is 0. The second-order valence-electron chi connectivity index (χ2n) is 6.08. The summed E-state index contributed by atoms with van der Waals surface area (Å²) in [4.78, 5) is 25.2. The monoisotopic (exact) mass is 321 g/mol. The number of hydrogen-bond donors (Lipinski definition) is 2. The Morgan fingerprint density at radius 1 is 1.39 bits per heavy atom. The number of halogens is 1. The number of benzene rings is 1. The lowest BCUT2D eigenvalue weighted by atomic mass is 9.88. The third-order valence-corrected chi connectivity index (χ3v) is 4.57. The standard InChI is InChI=1S/C17H24FN3O2/c1-3-12-10-21(11(2)22)9-8-15(12)20-16(17(19)23)13-4-6-14(18)7-5-13/h4-7,12,15-16,20H,3,8-10H2,1-2H3,(H2,19,23). The van der Waals surface area contributed by atoms with Gasteiger partial charge in [0, 0.05) is 26.1 Å². The Kier molecular flexibility index (Phi) is 5.71. The third-order valence-electron chi connectivity index (χ3n) is 4.57. The van der Waals surface area contributed by atoms with Gasteiger partial charge in [-0.25, -0.2) is 4.39 Å². The van der Waals surface area contributed by atoms with Gasteiger partial charge in [0.05, 0.1) is 0 Å². The first-order chi connectivity index (χ1) is 10.9. The third kappa shape index (κ3) is 4.28. The molecule has 3 unspecified atom stereocenters. The first kappa shape index (κ1) is 17.4. The molecule has 1 aliphatic heterocycles. The lowest BCUT2D eigenvalue weighted by Gasteiger charge is -2.39. The van der Waals surface area contributed by atoms with Crippen LogP contribution in [0.4, 0.5) is 4.39 Å². The van der Waals surface area contributed by atoms with Gasteiger partial charge in [0.1, 0.15) is 11.9 Å². The molecule has 6 heteroatoms. The van der Waals surface area contributed by atoms with Gasteiger partial charge in [-0.1, -0.05) is 25.5 Å². The van der Waals surface area contributed by atoms with Gasteiger partial charge in [0.25, 0.3) is 0 Å². The quantitative estimate of drug-likeness (QED) is 0.865. The Labute approximate surface area is 136 Å². The van der Waals surface area contributed by atoms with Crippen molar-refractivity contribution in [1.82, 2.24) is 10.2 Å². The number of nitrogens with one attached hydrogen (secondary N) is 1. The van der Waals surface area contributed by atoms with Gasteiger partial charge in [-0.2, -0.15) is 0 Å². The molecule has 0 aliphatic carbocycles. The van der Waals surface area contributed by atoms with Crippen LogP contribution < -0.4 is 11.1 Å². The molecular weight excluding hydrogens is 297 g/mol. The van der Waals surface area contributed by atoms with Crippen molar-refractivity contribution >= 4 is 11.8 Å². The normalized spacial score (nSPS) is 22.7. The highest BCUT2D eigenvalue weighted by Crippen LogP contribution is 2.24. The van der Waals surface area contributed by atoms with E-state index >= 15 is 0 Å². The van der Waals surface area contributed by atoms with Crippen LogP contribution in [0.5, 0.6) is 0 Å². The van der Waals surface area contributed by atoms with Crippen molar-refractivity contribution in [3.05, 3.63) is 35.6 Å². The van der Waals surface area contributed by atoms with E-state index < -0.39 is 11.9 Å². The number of primary amides is 1. The molecule has 1 heterocycles. The van der Waals surface area contributed by atoms with Crippen LogP contribution in [0.15, 0.2) is 24.3 Å². The number of carbonyl (C=O) groups is 2. The van der Waals surface area contributed by atoms with Crippen LogP contribution >= 0.6 is 0 Å². The van der Waals surface area contributed by atoms with Gasteiger partial charge in [-0.15, -0.1) is 0 Å². The number of nitrogens with zero attached hydrogens (tertiary/aromatic N) is 1. The number of carbonyl (C=O) groups excluding carboxylic acids is 2. The fourth-order valence-electron chi connectivity index (χ4n) is 3.16. The van der Waals surface area contributed by atoms with E-state index in [0.717, 1.165) is 12.8 Å². The average molecular weight is 321 g/mol. The zero-order valence-electron chi connectivity index (χ0n) is 13.6. The van der Waals surface area contributed by atoms with Crippen LogP contribution in [0.2, 0.25) is 0 Å². The Hall–Kier alpha value is -1.95. The molecule has 0 radical (unpaired) electrons. The van der Waals surface area contributed by atoms with Crippen LogP contribution in [-0.4, -0.2) is 35.8 Å². The first-order valence-electron chi connectivity index (χ1n) is 7.98. The van der Waals surface area contributed by atoms with Crippen LogP contribution in [0, 0.1) is 11.7 Å². The zero-order valence-corrected chi connectivity index (χ0v) is 13.6. The number of nitrogens with two attached hydrogens (primary N) is 1. The Bertz CT molecular complexity index is 561. The molecule has 1 aromatic carbocycles. The maximum atomic E-state index is 13.1. The summed E-state index contributed by atoms with van der Waals surface area (Å²) in [6.07, 6.45) is 1.67. The molecular formula is C17H24FN3O2. The van der Waals surface area contributed by atoms with Gasteiger partial charge in [-0.3, -0.25) is 14.9 Å². The number of rotatable bonds is 5. The molecule has 3 atom stereocenters. The fraction of sp³-hybridized carbons (Fsp3) is 0.529. The minimum absolute atomic E-state index is 0.0758. The Balaban J connectivity index is 2.12. The first-order valence-corrected chi connectivity index (χ1v) is 7.98. The molecule has 0 spiro atoms. The van der Waals surface area contributed by atoms with E-state index in [0.29, 0.717) is 18.7 Å². The van der Waals surface area contributed by atoms with E-state index in [1.54, 1.807) is 19.1 Å². The summed E-state index contributed by atoms with van der Waals surface area (Å²) in [6, 6.07) is 5.23. The largest absolute Gasteiger partial charge is 0.368 e. The second-order valence-corrected chi connectivity index (χ2v) is 6.08. The number of likely N-dealkylation sites (tertiary alicyclic amines) is 1. The molecule has 0 bridgehead atoms. The van der Waals surface area contributed by atoms with Gasteiger partial charge in [0.2, 0.25) is 11.8 Å². The van der Waals surface area contributed by atoms with Crippen molar-refractivity contribution in [2.45, 2.75) is 38.8 Å². The van der Waals surface area contributed by atoms with Crippen molar-refractivity contribution in [3.8, 4) is 0 Å². The second kappa shape index (κ2) is 7.55. The summed E-state index contributed by atoms with van der Waals surface area (Å²) < 4.78 is 13.1. The lowest BCUT2D eigenvalue weighted by molar-refractivity contribution is -0.131. The summed E-state index contributed by atoms with van der Waals surface area (Å²) in [5, 5.41) is 3.32. The van der Waals surface area contributed by atoms with Crippen LogP contribution in [0.1, 0.15) is 38.3 Å². The van der Waals surface area contributed by atoms with Crippen LogP contribution in [-0.2, 0) is 9.59 Å². The molecule has 126 valence electrons. The predicted octanol–water partition coefficient (Wildman–Crippen LogP) is 1.59. The summed E-state index contributed by atoms with van der Waals surface area (Å²) in [7, 11) is 0. The van der Waals surface area contributed by atoms with Gasteiger partial charge < -0.3 is 10.6 Å². The predicted molar refractivity (Wildman–Crippen MR) is 85.9 cm³/mol. The summed E-state index contributed by atoms with van der Waals surface area (Å²) in [5.41, 5.74) is 6.18. The van der Waals surface area contributed by atoms with Gasteiger partial charge >= 0.3 is 0 Å². The SMILES string of the molecule is CCC1CN(C(C)=O)CCC1NC(C(N)=O)c1ccc(F)cc1. The van der Waals surface area contributed by atoms with Crippen LogP contribution in [0.3, 0.4) is 0 Å². The Morgan fingerprint density at radius 3 is 2.57 bits per heavy atom. The van der Waals surface area contributed by atoms with E-state index in [1.165, 1.54) is 12.1 Å². The average Bonchev–Trinajstić information content (AvgIpc) is 2.53. The van der Waals surface area contributed by atoms with Gasteiger partial charge in [0.15, 0.2) is 0 Å². The van der Waals surface area contributed by atoms with E-state index in [4.69, 9.17) is 5.73 Å². The van der Waals surface area contributed by atoms with E-state index in [1.807, 2.05) is 4.90 Å². The molecule has 2 amide bonds. The van der Waals surface area contributed by atoms with Crippen molar-refractivity contribution in [3.63, 3.8) is 0 Å². The van der Waals surface area contributed by atoms with Crippen molar-refractivity contribution in [1.29, 1.82) is 0 Å². The molecule has 23 heavy (non-hydrogen) atoms. The highest BCUT2D eigenvalue weighted by molar-refractivity contribution is 5.81. The van der Waals surface area contributed by atoms with E-state index in [2.05, 4.69) is 12.2 Å². The molecule has 0 aromatic heterocycles. The number of piperidine rings is 1. The highest BCUT2D eigenvalue weighted by atomic mass is 19.1. The van der Waals surface area contributed by atoms with Crippen molar-refractivity contribution < 1.29 is 14.0 Å². The molecule has 1 aromatic rings. The van der Waals surface area contributed by atoms with Crippen molar-refractivity contribution in [2.75, 3.05) is 13.1 Å². The molecule has 1 saturated heterocycles. The Morgan fingerprint density at radius 2 is 2.04 bits per heavy atom.